The number of hydrogen-bond donors (Lipinski definition) is 3. The lowest BCUT2D eigenvalue weighted by atomic mass is 9.84. The Morgan fingerprint density at radius 1 is 0.951 bits per heavy atom. The van der Waals surface area contributed by atoms with Crippen LogP contribution in [-0.2, 0) is 16.1 Å². The van der Waals surface area contributed by atoms with Gasteiger partial charge in [0.15, 0.2) is 0 Å². The van der Waals surface area contributed by atoms with Gasteiger partial charge in [-0.25, -0.2) is 4.98 Å². The number of hydrogen-bond acceptors (Lipinski definition) is 5. The summed E-state index contributed by atoms with van der Waals surface area (Å²) in [6, 6.07) is 26.0. The Morgan fingerprint density at radius 2 is 1.63 bits per heavy atom. The normalized spacial score (nSPS) is 16.4. The van der Waals surface area contributed by atoms with Crippen LogP contribution in [0.25, 0.3) is 11.0 Å². The number of para-hydroxylation sites is 2. The molecule has 2 aliphatic rings. The summed E-state index contributed by atoms with van der Waals surface area (Å²) in [7, 11) is 0. The summed E-state index contributed by atoms with van der Waals surface area (Å²) in [5.41, 5.74) is 11.0. The monoisotopic (exact) mass is 552 g/mol. The largest absolute Gasteiger partial charge is 0.368 e. The smallest absolute Gasteiger partial charge is 0.244 e. The molecule has 214 valence electrons. The average molecular weight is 553 g/mol. The SMILES string of the molecule is NC(=O)C(NC=O)c1ccccc1.c1ccc2c(c1)nc(N1CCNCC1)n2Cc1ccc(C2CCCCC2)cc1. The fourth-order valence-corrected chi connectivity index (χ4v) is 5.89. The summed E-state index contributed by atoms with van der Waals surface area (Å²) < 4.78 is 2.40. The van der Waals surface area contributed by atoms with Crippen LogP contribution in [0, 0.1) is 0 Å². The first kappa shape index (κ1) is 28.4. The molecule has 1 unspecified atom stereocenters. The average Bonchev–Trinajstić information content (AvgIpc) is 3.40. The maximum absolute atomic E-state index is 10.9. The predicted octanol–water partition coefficient (Wildman–Crippen LogP) is 4.50. The van der Waals surface area contributed by atoms with E-state index in [9.17, 15) is 9.59 Å². The molecular formula is C33H40N6O2. The molecule has 1 aromatic heterocycles. The third kappa shape index (κ3) is 7.13. The molecule has 2 heterocycles. The van der Waals surface area contributed by atoms with Gasteiger partial charge < -0.3 is 25.8 Å². The Labute approximate surface area is 241 Å². The zero-order valence-corrected chi connectivity index (χ0v) is 23.5. The van der Waals surface area contributed by atoms with Crippen molar-refractivity contribution in [2.24, 2.45) is 5.73 Å². The second-order valence-corrected chi connectivity index (χ2v) is 10.8. The number of benzene rings is 3. The number of amides is 2. The molecule has 2 amide bonds. The minimum Gasteiger partial charge on any atom is -0.368 e. The number of rotatable bonds is 8. The molecular weight excluding hydrogens is 512 g/mol. The van der Waals surface area contributed by atoms with Crippen molar-refractivity contribution >= 4 is 29.3 Å². The fraction of sp³-hybridized carbons (Fsp3) is 0.364. The molecule has 8 heteroatoms. The van der Waals surface area contributed by atoms with Gasteiger partial charge in [-0.3, -0.25) is 9.59 Å². The van der Waals surface area contributed by atoms with E-state index in [2.05, 4.69) is 68.6 Å². The Balaban J connectivity index is 0.000000219. The van der Waals surface area contributed by atoms with Gasteiger partial charge in [0.05, 0.1) is 17.6 Å². The van der Waals surface area contributed by atoms with Gasteiger partial charge in [-0.15, -0.1) is 0 Å². The third-order valence-electron chi connectivity index (χ3n) is 8.08. The van der Waals surface area contributed by atoms with Crippen molar-refractivity contribution in [1.29, 1.82) is 0 Å². The van der Waals surface area contributed by atoms with Gasteiger partial charge in [-0.2, -0.15) is 0 Å². The molecule has 1 atom stereocenters. The van der Waals surface area contributed by atoms with Crippen molar-refractivity contribution in [3.05, 3.63) is 95.6 Å². The highest BCUT2D eigenvalue weighted by Crippen LogP contribution is 2.33. The number of anilines is 1. The van der Waals surface area contributed by atoms with E-state index in [1.54, 1.807) is 24.3 Å². The molecule has 3 aromatic carbocycles. The van der Waals surface area contributed by atoms with Crippen molar-refractivity contribution in [3.8, 4) is 0 Å². The van der Waals surface area contributed by atoms with Gasteiger partial charge in [-0.1, -0.05) is 86.0 Å². The van der Waals surface area contributed by atoms with Crippen LogP contribution in [0.2, 0.25) is 0 Å². The first-order chi connectivity index (χ1) is 20.1. The van der Waals surface area contributed by atoms with E-state index in [-0.39, 0.29) is 0 Å². The maximum Gasteiger partial charge on any atom is 0.244 e. The molecule has 4 aromatic rings. The molecule has 1 saturated carbocycles. The topological polar surface area (TPSA) is 105 Å². The van der Waals surface area contributed by atoms with E-state index in [1.165, 1.54) is 48.7 Å². The van der Waals surface area contributed by atoms with Crippen molar-refractivity contribution in [2.75, 3.05) is 31.1 Å². The number of nitrogens with two attached hydrogens (primary N) is 1. The molecule has 41 heavy (non-hydrogen) atoms. The number of imidazole rings is 1. The minimum absolute atomic E-state index is 0.461. The molecule has 8 nitrogen and oxygen atoms in total. The Morgan fingerprint density at radius 3 is 2.32 bits per heavy atom. The highest BCUT2D eigenvalue weighted by molar-refractivity contribution is 5.83. The standard InChI is InChI=1S/C24H30N4.C9H10N2O2/c1-2-6-20(7-3-1)21-12-10-19(11-13-21)18-28-23-9-5-4-8-22(23)26-24(28)27-16-14-25-15-17-27;10-9(13)8(11-6-12)7-4-2-1-3-5-7/h4-5,8-13,20,25H,1-3,6-7,14-18H2;1-6,8H,(H2,10,13)(H,11,12). The number of nitrogens with zero attached hydrogens (tertiary/aromatic N) is 3. The molecule has 4 N–H and O–H groups in total. The lowest BCUT2D eigenvalue weighted by molar-refractivity contribution is -0.122. The molecule has 0 spiro atoms. The summed E-state index contributed by atoms with van der Waals surface area (Å²) in [6.45, 7) is 4.97. The lowest BCUT2D eigenvalue weighted by Gasteiger charge is -2.29. The van der Waals surface area contributed by atoms with E-state index >= 15 is 0 Å². The maximum atomic E-state index is 10.9. The van der Waals surface area contributed by atoms with Crippen molar-refractivity contribution in [3.63, 3.8) is 0 Å². The molecule has 0 bridgehead atoms. The number of carbonyl (C=O) groups excluding carboxylic acids is 2. The molecule has 1 aliphatic carbocycles. The van der Waals surface area contributed by atoms with Gasteiger partial charge in [0.25, 0.3) is 0 Å². The minimum atomic E-state index is -0.737. The summed E-state index contributed by atoms with van der Waals surface area (Å²) in [4.78, 5) is 28.5. The van der Waals surface area contributed by atoms with E-state index in [0.29, 0.717) is 12.0 Å². The van der Waals surface area contributed by atoms with E-state index in [0.717, 1.165) is 50.1 Å². The van der Waals surface area contributed by atoms with Crippen LogP contribution in [0.5, 0.6) is 0 Å². The van der Waals surface area contributed by atoms with Crippen molar-refractivity contribution in [1.82, 2.24) is 20.2 Å². The van der Waals surface area contributed by atoms with Gasteiger partial charge >= 0.3 is 0 Å². The number of nitrogens with one attached hydrogen (secondary N) is 2. The highest BCUT2D eigenvalue weighted by Gasteiger charge is 2.20. The second kappa shape index (κ2) is 13.9. The van der Waals surface area contributed by atoms with Crippen molar-refractivity contribution in [2.45, 2.75) is 50.6 Å². The van der Waals surface area contributed by atoms with Gasteiger partial charge in [-0.05, 0) is 47.6 Å². The van der Waals surface area contributed by atoms with Gasteiger partial charge in [0, 0.05) is 26.2 Å². The number of carbonyl (C=O) groups is 2. The number of fused-ring (bicyclic) bond motifs is 1. The van der Waals surface area contributed by atoms with Crippen LogP contribution in [0.4, 0.5) is 5.95 Å². The summed E-state index contributed by atoms with van der Waals surface area (Å²) in [6.07, 6.45) is 7.37. The molecule has 1 saturated heterocycles. The molecule has 0 radical (unpaired) electrons. The third-order valence-corrected chi connectivity index (χ3v) is 8.08. The second-order valence-electron chi connectivity index (χ2n) is 10.8. The number of piperazine rings is 1. The summed E-state index contributed by atoms with van der Waals surface area (Å²) in [5, 5.41) is 5.79. The Kier molecular flexibility index (Phi) is 9.65. The zero-order chi connectivity index (χ0) is 28.4. The van der Waals surface area contributed by atoms with E-state index in [1.807, 2.05) is 6.07 Å². The van der Waals surface area contributed by atoms with Crippen LogP contribution in [0.1, 0.15) is 60.8 Å². The highest BCUT2D eigenvalue weighted by atomic mass is 16.2. The Hall–Kier alpha value is -4.17. The Bertz CT molecular complexity index is 1410. The van der Waals surface area contributed by atoms with E-state index in [4.69, 9.17) is 10.7 Å². The number of aromatic nitrogens is 2. The fourth-order valence-electron chi connectivity index (χ4n) is 5.89. The van der Waals surface area contributed by atoms with Crippen molar-refractivity contribution < 1.29 is 9.59 Å². The first-order valence-corrected chi connectivity index (χ1v) is 14.7. The lowest BCUT2D eigenvalue weighted by Crippen LogP contribution is -2.44. The zero-order valence-electron chi connectivity index (χ0n) is 23.5. The summed E-state index contributed by atoms with van der Waals surface area (Å²) >= 11 is 0. The van der Waals surface area contributed by atoms with Crippen LogP contribution in [0.15, 0.2) is 78.9 Å². The van der Waals surface area contributed by atoms with Gasteiger partial charge in [0.2, 0.25) is 18.3 Å². The van der Waals surface area contributed by atoms with Crippen LogP contribution in [0.3, 0.4) is 0 Å². The van der Waals surface area contributed by atoms with Crippen LogP contribution in [-0.4, -0.2) is 48.0 Å². The quantitative estimate of drug-likeness (QED) is 0.279. The van der Waals surface area contributed by atoms with Crippen LogP contribution < -0.4 is 21.3 Å². The summed E-state index contributed by atoms with van der Waals surface area (Å²) in [5.74, 6) is 1.31. The van der Waals surface area contributed by atoms with E-state index < -0.39 is 11.9 Å². The molecule has 6 rings (SSSR count). The molecule has 1 aliphatic heterocycles. The van der Waals surface area contributed by atoms with Crippen LogP contribution >= 0.6 is 0 Å². The van der Waals surface area contributed by atoms with Gasteiger partial charge in [0.1, 0.15) is 6.04 Å². The number of primary amides is 1. The predicted molar refractivity (Wildman–Crippen MR) is 164 cm³/mol. The first-order valence-electron chi connectivity index (χ1n) is 14.7. The molecule has 2 fully saturated rings.